The van der Waals surface area contributed by atoms with Crippen molar-refractivity contribution >= 4 is 11.9 Å². The zero-order valence-electron chi connectivity index (χ0n) is 8.73. The van der Waals surface area contributed by atoms with Crippen LogP contribution in [0.4, 0.5) is 0 Å². The summed E-state index contributed by atoms with van der Waals surface area (Å²) in [5.41, 5.74) is 3.75. The van der Waals surface area contributed by atoms with E-state index in [0.29, 0.717) is 5.56 Å². The Balaban J connectivity index is 2.26. The summed E-state index contributed by atoms with van der Waals surface area (Å²) in [6.45, 7) is 0.719. The average Bonchev–Trinajstić information content (AvgIpc) is 2.39. The number of carbonyl (C=O) groups is 1. The van der Waals surface area contributed by atoms with Gasteiger partial charge in [0.15, 0.2) is 0 Å². The molecule has 0 radical (unpaired) electrons. The molecule has 0 aliphatic carbocycles. The fraction of sp³-hybridized carbons (Fsp3) is 0.0714. The molecule has 1 aliphatic rings. The van der Waals surface area contributed by atoms with E-state index in [0.717, 1.165) is 29.7 Å². The van der Waals surface area contributed by atoms with Crippen LogP contribution in [0.15, 0.2) is 42.1 Å². The van der Waals surface area contributed by atoms with Crippen molar-refractivity contribution in [1.82, 2.24) is 5.32 Å². The van der Waals surface area contributed by atoms with Crippen LogP contribution < -0.4 is 5.32 Å². The van der Waals surface area contributed by atoms with Crippen molar-refractivity contribution in [3.05, 3.63) is 53.2 Å². The number of terminal acetylenes is 1. The largest absolute Gasteiger partial charge is 0.374 e. The highest BCUT2D eigenvalue weighted by Gasteiger charge is 2.05. The molecule has 0 aromatic heterocycles. The van der Waals surface area contributed by atoms with Gasteiger partial charge in [-0.15, -0.1) is 6.42 Å². The third kappa shape index (κ3) is 2.04. The molecule has 0 amide bonds. The molecule has 16 heavy (non-hydrogen) atoms. The first kappa shape index (κ1) is 10.3. The van der Waals surface area contributed by atoms with Gasteiger partial charge >= 0.3 is 0 Å². The van der Waals surface area contributed by atoms with Gasteiger partial charge in [-0.1, -0.05) is 36.3 Å². The summed E-state index contributed by atoms with van der Waals surface area (Å²) in [5, 5.41) is 3.13. The number of carbonyl (C=O) groups excluding carboxylic acids is 1. The van der Waals surface area contributed by atoms with Crippen LogP contribution in [0.1, 0.15) is 15.9 Å². The Bertz CT molecular complexity index is 501. The van der Waals surface area contributed by atoms with Crippen molar-refractivity contribution in [3.8, 4) is 12.3 Å². The van der Waals surface area contributed by atoms with Crippen LogP contribution in [-0.2, 0) is 0 Å². The molecule has 1 aliphatic heterocycles. The molecule has 0 unspecified atom stereocenters. The molecule has 2 nitrogen and oxygen atoms in total. The number of allylic oxidation sites excluding steroid dienone is 3. The van der Waals surface area contributed by atoms with Gasteiger partial charge in [-0.05, 0) is 17.2 Å². The van der Waals surface area contributed by atoms with Crippen molar-refractivity contribution in [2.45, 2.75) is 0 Å². The average molecular weight is 209 g/mol. The van der Waals surface area contributed by atoms with E-state index in [4.69, 9.17) is 6.42 Å². The van der Waals surface area contributed by atoms with Gasteiger partial charge in [0.25, 0.3) is 0 Å². The van der Waals surface area contributed by atoms with E-state index in [9.17, 15) is 4.79 Å². The standard InChI is InChI=1S/C14H11NO/c1-2-14-8-7-13(9-15-14)12-5-3-11(10-16)4-6-12/h1,3-8,10,15H,9H2. The van der Waals surface area contributed by atoms with Crippen molar-refractivity contribution in [3.63, 3.8) is 0 Å². The quantitative estimate of drug-likeness (QED) is 0.596. The Morgan fingerprint density at radius 3 is 2.50 bits per heavy atom. The van der Waals surface area contributed by atoms with Crippen LogP contribution in [0.3, 0.4) is 0 Å². The number of benzene rings is 1. The van der Waals surface area contributed by atoms with Gasteiger partial charge in [0, 0.05) is 12.1 Å². The van der Waals surface area contributed by atoms with Gasteiger partial charge < -0.3 is 5.32 Å². The SMILES string of the molecule is C#CC1=CC=C(c2ccc(C=O)cc2)CN1. The predicted octanol–water partition coefficient (Wildman–Crippen LogP) is 2.00. The zero-order valence-corrected chi connectivity index (χ0v) is 8.73. The van der Waals surface area contributed by atoms with Crippen molar-refractivity contribution in [2.24, 2.45) is 0 Å². The number of dihydropyridines is 1. The summed E-state index contributed by atoms with van der Waals surface area (Å²) in [6, 6.07) is 7.49. The molecule has 0 saturated carbocycles. The summed E-state index contributed by atoms with van der Waals surface area (Å²) < 4.78 is 0. The maximum atomic E-state index is 10.5. The number of rotatable bonds is 2. The summed E-state index contributed by atoms with van der Waals surface area (Å²) >= 11 is 0. The number of nitrogens with one attached hydrogen (secondary N) is 1. The van der Waals surface area contributed by atoms with Gasteiger partial charge in [-0.3, -0.25) is 4.79 Å². The first-order valence-corrected chi connectivity index (χ1v) is 5.00. The summed E-state index contributed by atoms with van der Waals surface area (Å²) in [5.74, 6) is 2.55. The Kier molecular flexibility index (Phi) is 2.88. The fourth-order valence-corrected chi connectivity index (χ4v) is 1.57. The second-order valence-corrected chi connectivity index (χ2v) is 3.51. The molecule has 0 saturated heterocycles. The number of hydrogen-bond donors (Lipinski definition) is 1. The molecule has 1 N–H and O–H groups in total. The minimum Gasteiger partial charge on any atom is -0.374 e. The molecular formula is C14H11NO. The normalized spacial score (nSPS) is 14.2. The molecule has 1 heterocycles. The lowest BCUT2D eigenvalue weighted by Crippen LogP contribution is -2.17. The second-order valence-electron chi connectivity index (χ2n) is 3.51. The third-order valence-electron chi connectivity index (χ3n) is 2.49. The maximum absolute atomic E-state index is 10.5. The minimum atomic E-state index is 0.688. The van der Waals surface area contributed by atoms with E-state index in [-0.39, 0.29) is 0 Å². The Hall–Kier alpha value is -2.27. The monoisotopic (exact) mass is 209 g/mol. The molecule has 2 rings (SSSR count). The van der Waals surface area contributed by atoms with Crippen LogP contribution in [0, 0.1) is 12.3 Å². The highest BCUT2D eigenvalue weighted by Crippen LogP contribution is 2.17. The van der Waals surface area contributed by atoms with E-state index in [1.54, 1.807) is 0 Å². The maximum Gasteiger partial charge on any atom is 0.150 e. The second kappa shape index (κ2) is 4.50. The first-order chi connectivity index (χ1) is 7.83. The van der Waals surface area contributed by atoms with Gasteiger partial charge in [-0.25, -0.2) is 0 Å². The van der Waals surface area contributed by atoms with E-state index < -0.39 is 0 Å². The Labute approximate surface area is 94.7 Å². The first-order valence-electron chi connectivity index (χ1n) is 5.00. The topological polar surface area (TPSA) is 29.1 Å². The highest BCUT2D eigenvalue weighted by molar-refractivity contribution is 5.77. The van der Waals surface area contributed by atoms with Crippen LogP contribution in [-0.4, -0.2) is 12.8 Å². The van der Waals surface area contributed by atoms with E-state index in [1.165, 1.54) is 0 Å². The number of hydrogen-bond acceptors (Lipinski definition) is 2. The van der Waals surface area contributed by atoms with Gasteiger partial charge in [0.2, 0.25) is 0 Å². The lowest BCUT2D eigenvalue weighted by molar-refractivity contribution is 0.112. The van der Waals surface area contributed by atoms with Crippen LogP contribution in [0.2, 0.25) is 0 Å². The predicted molar refractivity (Wildman–Crippen MR) is 64.7 cm³/mol. The van der Waals surface area contributed by atoms with Crippen molar-refractivity contribution in [1.29, 1.82) is 0 Å². The molecule has 2 heteroatoms. The molecule has 1 aromatic rings. The van der Waals surface area contributed by atoms with Crippen LogP contribution >= 0.6 is 0 Å². The molecule has 0 bridgehead atoms. The molecule has 0 spiro atoms. The van der Waals surface area contributed by atoms with Crippen molar-refractivity contribution < 1.29 is 4.79 Å². The molecule has 0 atom stereocenters. The summed E-state index contributed by atoms with van der Waals surface area (Å²) in [4.78, 5) is 10.5. The Morgan fingerprint density at radius 2 is 2.00 bits per heavy atom. The molecule has 0 fully saturated rings. The fourth-order valence-electron chi connectivity index (χ4n) is 1.57. The van der Waals surface area contributed by atoms with E-state index in [1.807, 2.05) is 36.4 Å². The number of aldehydes is 1. The van der Waals surface area contributed by atoms with E-state index >= 15 is 0 Å². The smallest absolute Gasteiger partial charge is 0.150 e. The van der Waals surface area contributed by atoms with Crippen molar-refractivity contribution in [2.75, 3.05) is 6.54 Å². The Morgan fingerprint density at radius 1 is 1.25 bits per heavy atom. The van der Waals surface area contributed by atoms with Gasteiger partial charge in [0.1, 0.15) is 6.29 Å². The van der Waals surface area contributed by atoms with E-state index in [2.05, 4.69) is 11.2 Å². The summed E-state index contributed by atoms with van der Waals surface area (Å²) in [6.07, 6.45) is 10.0. The molecular weight excluding hydrogens is 198 g/mol. The lowest BCUT2D eigenvalue weighted by Gasteiger charge is -2.14. The van der Waals surface area contributed by atoms with Crippen LogP contribution in [0.5, 0.6) is 0 Å². The minimum absolute atomic E-state index is 0.688. The zero-order chi connectivity index (χ0) is 11.4. The third-order valence-corrected chi connectivity index (χ3v) is 2.49. The summed E-state index contributed by atoms with van der Waals surface area (Å²) in [7, 11) is 0. The van der Waals surface area contributed by atoms with Gasteiger partial charge in [0.05, 0.1) is 5.70 Å². The van der Waals surface area contributed by atoms with Crippen LogP contribution in [0.25, 0.3) is 5.57 Å². The lowest BCUT2D eigenvalue weighted by atomic mass is 10.0. The molecule has 1 aromatic carbocycles. The van der Waals surface area contributed by atoms with Gasteiger partial charge in [-0.2, -0.15) is 0 Å². The molecule has 78 valence electrons. The highest BCUT2D eigenvalue weighted by atomic mass is 16.1.